The highest BCUT2D eigenvalue weighted by Gasteiger charge is 2.19. The molecule has 2 aromatic carbocycles. The number of ether oxygens (including phenoxy) is 1. The number of carbonyl (C=O) groups excluding carboxylic acids is 1. The summed E-state index contributed by atoms with van der Waals surface area (Å²) in [4.78, 5) is 12.8. The number of methoxy groups -OCH3 is 1. The Morgan fingerprint density at radius 3 is 2.61 bits per heavy atom. The summed E-state index contributed by atoms with van der Waals surface area (Å²) in [6, 6.07) is 16.7. The molecule has 0 spiro atoms. The Labute approximate surface area is 189 Å². The van der Waals surface area contributed by atoms with Gasteiger partial charge in [0.2, 0.25) is 10.7 Å². The largest absolute Gasteiger partial charge is 0.496 e. The maximum absolute atomic E-state index is 12.8. The number of benzene rings is 2. The van der Waals surface area contributed by atoms with Crippen LogP contribution in [-0.2, 0) is 11.3 Å². The highest BCUT2D eigenvalue weighted by atomic mass is 35.5. The summed E-state index contributed by atoms with van der Waals surface area (Å²) in [6.07, 6.45) is 3.71. The van der Waals surface area contributed by atoms with Gasteiger partial charge < -0.3 is 10.1 Å². The van der Waals surface area contributed by atoms with Crippen LogP contribution in [0.3, 0.4) is 0 Å². The van der Waals surface area contributed by atoms with Gasteiger partial charge in [-0.1, -0.05) is 29.8 Å². The third kappa shape index (κ3) is 4.12. The minimum atomic E-state index is -0.259. The lowest BCUT2D eigenvalue weighted by Gasteiger charge is -2.10. The number of amides is 1. The molecule has 2 heterocycles. The van der Waals surface area contributed by atoms with Crippen LogP contribution in [0.25, 0.3) is 11.4 Å². The SMILES string of the molecule is COc1ccccc1-c1nn(CC(=O)Nc2cccc(Cl)c2C)c(=S)n1-n1cccc1. The Morgan fingerprint density at radius 1 is 1.13 bits per heavy atom. The third-order valence-corrected chi connectivity index (χ3v) is 5.61. The van der Waals surface area contributed by atoms with E-state index in [0.29, 0.717) is 27.1 Å². The molecule has 1 N–H and O–H groups in total. The zero-order valence-corrected chi connectivity index (χ0v) is 18.5. The number of aromatic nitrogens is 4. The van der Waals surface area contributed by atoms with Gasteiger partial charge >= 0.3 is 0 Å². The van der Waals surface area contributed by atoms with Gasteiger partial charge in [-0.3, -0.25) is 9.47 Å². The molecule has 0 radical (unpaired) electrons. The molecule has 0 aliphatic carbocycles. The molecule has 0 atom stereocenters. The van der Waals surface area contributed by atoms with Gasteiger partial charge in [0.1, 0.15) is 12.3 Å². The molecule has 9 heteroatoms. The summed E-state index contributed by atoms with van der Waals surface area (Å²) >= 11 is 11.8. The molecule has 0 aliphatic heterocycles. The second kappa shape index (κ2) is 8.79. The molecule has 4 rings (SSSR count). The Bertz CT molecular complexity index is 1290. The van der Waals surface area contributed by atoms with E-state index in [1.807, 2.05) is 60.4 Å². The molecular weight excluding hydrogens is 434 g/mol. The lowest BCUT2D eigenvalue weighted by atomic mass is 10.2. The maximum atomic E-state index is 12.8. The van der Waals surface area contributed by atoms with Gasteiger partial charge in [0.15, 0.2) is 5.82 Å². The van der Waals surface area contributed by atoms with Crippen molar-refractivity contribution in [2.75, 3.05) is 12.4 Å². The number of carbonyl (C=O) groups is 1. The van der Waals surface area contributed by atoms with Crippen molar-refractivity contribution in [3.8, 4) is 17.1 Å². The van der Waals surface area contributed by atoms with Crippen molar-refractivity contribution in [1.82, 2.24) is 19.1 Å². The molecule has 0 unspecified atom stereocenters. The van der Waals surface area contributed by atoms with Crippen LogP contribution >= 0.6 is 23.8 Å². The molecule has 0 saturated heterocycles. The van der Waals surface area contributed by atoms with Crippen molar-refractivity contribution < 1.29 is 9.53 Å². The molecule has 0 aliphatic rings. The molecule has 2 aromatic heterocycles. The van der Waals surface area contributed by atoms with E-state index in [4.69, 9.17) is 28.6 Å². The van der Waals surface area contributed by atoms with Gasteiger partial charge in [-0.25, -0.2) is 9.36 Å². The molecule has 31 heavy (non-hydrogen) atoms. The number of anilines is 1. The summed E-state index contributed by atoms with van der Waals surface area (Å²) in [5, 5.41) is 8.12. The highest BCUT2D eigenvalue weighted by molar-refractivity contribution is 7.71. The topological polar surface area (TPSA) is 66.0 Å². The average molecular weight is 454 g/mol. The molecule has 158 valence electrons. The van der Waals surface area contributed by atoms with E-state index in [9.17, 15) is 4.79 Å². The molecule has 1 amide bonds. The Hall–Kier alpha value is -3.36. The highest BCUT2D eigenvalue weighted by Crippen LogP contribution is 2.29. The number of para-hydroxylation sites is 1. The summed E-state index contributed by atoms with van der Waals surface area (Å²) in [6.45, 7) is 1.80. The first kappa shape index (κ1) is 20.9. The Balaban J connectivity index is 1.73. The summed E-state index contributed by atoms with van der Waals surface area (Å²) in [7, 11) is 1.60. The predicted octanol–water partition coefficient (Wildman–Crippen LogP) is 4.80. The molecule has 0 fully saturated rings. The normalized spacial score (nSPS) is 10.8. The lowest BCUT2D eigenvalue weighted by molar-refractivity contribution is -0.116. The first-order chi connectivity index (χ1) is 15.0. The molecule has 4 aromatic rings. The molecule has 7 nitrogen and oxygen atoms in total. The van der Waals surface area contributed by atoms with Gasteiger partial charge in [-0.05, 0) is 61.1 Å². The van der Waals surface area contributed by atoms with Crippen molar-refractivity contribution in [3.05, 3.63) is 82.3 Å². The maximum Gasteiger partial charge on any atom is 0.246 e. The van der Waals surface area contributed by atoms with Crippen molar-refractivity contribution >= 4 is 35.4 Å². The molecule has 0 saturated carbocycles. The monoisotopic (exact) mass is 453 g/mol. The van der Waals surface area contributed by atoms with Gasteiger partial charge in [0.25, 0.3) is 0 Å². The molecule has 0 bridgehead atoms. The van der Waals surface area contributed by atoms with E-state index in [1.165, 1.54) is 4.68 Å². The summed E-state index contributed by atoms with van der Waals surface area (Å²) in [5.74, 6) is 0.956. The second-order valence-electron chi connectivity index (χ2n) is 6.80. The Morgan fingerprint density at radius 2 is 1.87 bits per heavy atom. The van der Waals surface area contributed by atoms with Crippen molar-refractivity contribution in [2.45, 2.75) is 13.5 Å². The summed E-state index contributed by atoms with van der Waals surface area (Å²) in [5.41, 5.74) is 2.21. The van der Waals surface area contributed by atoms with Crippen LogP contribution in [0, 0.1) is 11.7 Å². The van der Waals surface area contributed by atoms with Gasteiger partial charge in [-0.15, -0.1) is 5.10 Å². The lowest BCUT2D eigenvalue weighted by Crippen LogP contribution is -2.20. The first-order valence-electron chi connectivity index (χ1n) is 9.51. The number of rotatable bonds is 6. The minimum absolute atomic E-state index is 0.0544. The van der Waals surface area contributed by atoms with Crippen LogP contribution in [0.2, 0.25) is 5.02 Å². The van der Waals surface area contributed by atoms with Gasteiger partial charge in [-0.2, -0.15) is 0 Å². The summed E-state index contributed by atoms with van der Waals surface area (Å²) < 4.78 is 10.9. The zero-order chi connectivity index (χ0) is 22.0. The van der Waals surface area contributed by atoms with E-state index in [1.54, 1.807) is 30.0 Å². The van der Waals surface area contributed by atoms with Crippen LogP contribution in [-0.4, -0.2) is 32.1 Å². The number of hydrogen-bond donors (Lipinski definition) is 1. The fourth-order valence-corrected chi connectivity index (χ4v) is 3.70. The zero-order valence-electron chi connectivity index (χ0n) is 16.9. The van der Waals surface area contributed by atoms with Crippen molar-refractivity contribution in [1.29, 1.82) is 0 Å². The van der Waals surface area contributed by atoms with Crippen molar-refractivity contribution in [3.63, 3.8) is 0 Å². The number of halogens is 1. The quantitative estimate of drug-likeness (QED) is 0.426. The third-order valence-electron chi connectivity index (χ3n) is 4.82. The standard InChI is InChI=1S/C22H20ClN5O2S/c1-15-17(23)9-7-10-18(15)24-20(29)14-27-22(31)28(26-12-5-6-13-26)21(25-27)16-8-3-4-11-19(16)30-2/h3-13H,14H2,1-2H3,(H,24,29). The number of nitrogens with one attached hydrogen (secondary N) is 1. The fraction of sp³-hybridized carbons (Fsp3) is 0.136. The molecular formula is C22H20ClN5O2S. The van der Waals surface area contributed by atoms with Crippen LogP contribution in [0.5, 0.6) is 5.75 Å². The van der Waals surface area contributed by atoms with E-state index in [-0.39, 0.29) is 12.5 Å². The first-order valence-corrected chi connectivity index (χ1v) is 10.3. The predicted molar refractivity (Wildman–Crippen MR) is 123 cm³/mol. The smallest absolute Gasteiger partial charge is 0.246 e. The van der Waals surface area contributed by atoms with Crippen LogP contribution in [0.1, 0.15) is 5.56 Å². The van der Waals surface area contributed by atoms with Gasteiger partial charge in [0, 0.05) is 23.1 Å². The fourth-order valence-electron chi connectivity index (χ4n) is 3.24. The number of hydrogen-bond acceptors (Lipinski definition) is 4. The van der Waals surface area contributed by atoms with E-state index >= 15 is 0 Å². The van der Waals surface area contributed by atoms with Crippen LogP contribution in [0.15, 0.2) is 67.0 Å². The van der Waals surface area contributed by atoms with E-state index < -0.39 is 0 Å². The second-order valence-corrected chi connectivity index (χ2v) is 7.57. The van der Waals surface area contributed by atoms with E-state index in [2.05, 4.69) is 10.4 Å². The number of nitrogens with zero attached hydrogens (tertiary/aromatic N) is 4. The van der Waals surface area contributed by atoms with Crippen LogP contribution < -0.4 is 10.1 Å². The van der Waals surface area contributed by atoms with Gasteiger partial charge in [0.05, 0.1) is 12.7 Å². The van der Waals surface area contributed by atoms with E-state index in [0.717, 1.165) is 11.1 Å². The van der Waals surface area contributed by atoms with Crippen molar-refractivity contribution in [2.24, 2.45) is 0 Å². The average Bonchev–Trinajstić information content (AvgIpc) is 3.39. The van der Waals surface area contributed by atoms with Crippen LogP contribution in [0.4, 0.5) is 5.69 Å². The minimum Gasteiger partial charge on any atom is -0.496 e. The Kier molecular flexibility index (Phi) is 5.92.